The van der Waals surface area contributed by atoms with Crippen LogP contribution in [0.25, 0.3) is 22.0 Å². The number of aromatic nitrogens is 1. The van der Waals surface area contributed by atoms with Gasteiger partial charge in [0, 0.05) is 23.0 Å². The van der Waals surface area contributed by atoms with Crippen molar-refractivity contribution in [3.8, 4) is 11.1 Å². The molecule has 1 aromatic heterocycles. The molecule has 3 aromatic carbocycles. The van der Waals surface area contributed by atoms with Crippen molar-refractivity contribution in [2.75, 3.05) is 0 Å². The number of carboxylic acid groups (broad SMARTS) is 1. The van der Waals surface area contributed by atoms with Gasteiger partial charge in [-0.05, 0) is 52.8 Å². The highest BCUT2D eigenvalue weighted by Crippen LogP contribution is 2.38. The van der Waals surface area contributed by atoms with E-state index in [1.54, 1.807) is 0 Å². The molecule has 4 aromatic rings. The summed E-state index contributed by atoms with van der Waals surface area (Å²) in [6.45, 7) is 1.99. The van der Waals surface area contributed by atoms with Crippen molar-refractivity contribution in [1.29, 1.82) is 0 Å². The molecule has 0 saturated carbocycles. The maximum absolute atomic E-state index is 12.5. The molecule has 0 radical (unpaired) electrons. The normalized spacial score (nSPS) is 12.8. The van der Waals surface area contributed by atoms with Crippen molar-refractivity contribution in [2.45, 2.75) is 32.4 Å². The molecule has 0 aliphatic heterocycles. The lowest BCUT2D eigenvalue weighted by Gasteiger charge is -2.16. The van der Waals surface area contributed by atoms with Crippen molar-refractivity contribution in [1.82, 2.24) is 10.3 Å². The third kappa shape index (κ3) is 3.96. The van der Waals surface area contributed by atoms with E-state index in [2.05, 4.69) is 28.5 Å². The zero-order chi connectivity index (χ0) is 22.9. The molecule has 1 atom stereocenters. The van der Waals surface area contributed by atoms with Gasteiger partial charge in [0.2, 0.25) is 0 Å². The minimum atomic E-state index is -1.10. The molecule has 1 unspecified atom stereocenters. The van der Waals surface area contributed by atoms with E-state index in [0.717, 1.165) is 45.3 Å². The number of benzene rings is 3. The van der Waals surface area contributed by atoms with Crippen LogP contribution in [0.15, 0.2) is 66.7 Å². The van der Waals surface area contributed by atoms with Crippen LogP contribution < -0.4 is 5.32 Å². The summed E-state index contributed by atoms with van der Waals surface area (Å²) in [5.74, 6) is -1.10. The first-order chi connectivity index (χ1) is 16.0. The van der Waals surface area contributed by atoms with Crippen molar-refractivity contribution in [2.24, 2.45) is 0 Å². The Morgan fingerprint density at radius 3 is 2.64 bits per heavy atom. The Bertz CT molecular complexity index is 1370. The van der Waals surface area contributed by atoms with Gasteiger partial charge in [-0.25, -0.2) is 9.59 Å². The van der Waals surface area contributed by atoms with Gasteiger partial charge in [0.25, 0.3) is 0 Å². The summed E-state index contributed by atoms with van der Waals surface area (Å²) in [5, 5.41) is 13.2. The number of H-pyrrole nitrogens is 1. The first kappa shape index (κ1) is 20.8. The molecule has 0 fully saturated rings. The first-order valence-electron chi connectivity index (χ1n) is 10.9. The number of carbonyl (C=O) groups is 2. The fourth-order valence-corrected chi connectivity index (χ4v) is 4.69. The highest BCUT2D eigenvalue weighted by atomic mass is 16.5. The number of aliphatic carboxylic acids is 1. The summed E-state index contributed by atoms with van der Waals surface area (Å²) in [6.07, 6.45) is 0.216. The molecule has 6 heteroatoms. The van der Waals surface area contributed by atoms with Crippen molar-refractivity contribution in [3.63, 3.8) is 0 Å². The number of ether oxygens (including phenoxy) is 1. The Hall–Kier alpha value is -4.06. The van der Waals surface area contributed by atoms with Crippen molar-refractivity contribution >= 4 is 23.0 Å². The Labute approximate surface area is 191 Å². The van der Waals surface area contributed by atoms with E-state index in [4.69, 9.17) is 4.74 Å². The topological polar surface area (TPSA) is 91.4 Å². The third-order valence-corrected chi connectivity index (χ3v) is 6.33. The van der Waals surface area contributed by atoms with Crippen LogP contribution in [-0.4, -0.2) is 28.2 Å². The van der Waals surface area contributed by atoms with Crippen LogP contribution in [-0.2, 0) is 29.0 Å². The summed E-state index contributed by atoms with van der Waals surface area (Å²) in [5.41, 5.74) is 8.40. The van der Waals surface area contributed by atoms with Gasteiger partial charge >= 0.3 is 12.1 Å². The molecule has 33 heavy (non-hydrogen) atoms. The summed E-state index contributed by atoms with van der Waals surface area (Å²) < 4.78 is 5.45. The quantitative estimate of drug-likeness (QED) is 0.348. The minimum absolute atomic E-state index is 0.0848. The van der Waals surface area contributed by atoms with Crippen LogP contribution in [0.5, 0.6) is 0 Å². The van der Waals surface area contributed by atoms with Gasteiger partial charge in [0.15, 0.2) is 0 Å². The molecular weight excluding hydrogens is 416 g/mol. The third-order valence-electron chi connectivity index (χ3n) is 6.33. The van der Waals surface area contributed by atoms with Crippen molar-refractivity contribution in [3.05, 3.63) is 94.7 Å². The van der Waals surface area contributed by atoms with Crippen LogP contribution in [0.2, 0.25) is 0 Å². The van der Waals surface area contributed by atoms with Gasteiger partial charge < -0.3 is 20.1 Å². The fraction of sp³-hybridized carbons (Fsp3) is 0.185. The molecule has 166 valence electrons. The Balaban J connectivity index is 1.28. The highest BCUT2D eigenvalue weighted by molar-refractivity contribution is 5.86. The largest absolute Gasteiger partial charge is 0.480 e. The maximum Gasteiger partial charge on any atom is 0.408 e. The number of hydrogen-bond acceptors (Lipinski definition) is 3. The van der Waals surface area contributed by atoms with Gasteiger partial charge in [-0.15, -0.1) is 0 Å². The highest BCUT2D eigenvalue weighted by Gasteiger charge is 2.25. The lowest BCUT2D eigenvalue weighted by Crippen LogP contribution is -2.42. The van der Waals surface area contributed by atoms with Crippen LogP contribution in [0.3, 0.4) is 0 Å². The number of carbonyl (C=O) groups excluding carboxylic acids is 1. The van der Waals surface area contributed by atoms with E-state index < -0.39 is 18.1 Å². The molecule has 0 spiro atoms. The monoisotopic (exact) mass is 440 g/mol. The predicted octanol–water partition coefficient (Wildman–Crippen LogP) is 4.97. The average Bonchev–Trinajstić information content (AvgIpc) is 3.35. The summed E-state index contributed by atoms with van der Waals surface area (Å²) in [4.78, 5) is 27.7. The number of rotatable bonds is 6. The van der Waals surface area contributed by atoms with Crippen LogP contribution in [0.1, 0.15) is 27.9 Å². The molecule has 1 aliphatic rings. The number of aryl methyl sites for hydroxylation is 1. The zero-order valence-corrected chi connectivity index (χ0v) is 18.2. The van der Waals surface area contributed by atoms with Crippen LogP contribution >= 0.6 is 0 Å². The summed E-state index contributed by atoms with van der Waals surface area (Å²) in [6, 6.07) is 20.9. The second kappa shape index (κ2) is 8.47. The average molecular weight is 440 g/mol. The molecule has 5 rings (SSSR count). The number of hydrogen-bond donors (Lipinski definition) is 3. The van der Waals surface area contributed by atoms with Gasteiger partial charge in [-0.2, -0.15) is 0 Å². The molecular formula is C27H24N2O4. The van der Waals surface area contributed by atoms with E-state index in [1.807, 2.05) is 55.5 Å². The Morgan fingerprint density at radius 1 is 1.03 bits per heavy atom. The minimum Gasteiger partial charge on any atom is -0.480 e. The molecule has 0 saturated heterocycles. The first-order valence-corrected chi connectivity index (χ1v) is 10.9. The molecule has 6 nitrogen and oxygen atoms in total. The molecule has 1 heterocycles. The number of carboxylic acids is 1. The van der Waals surface area contributed by atoms with E-state index >= 15 is 0 Å². The fourth-order valence-electron chi connectivity index (χ4n) is 4.69. The molecule has 3 N–H and O–H groups in total. The number of aromatic amines is 1. The molecule has 1 amide bonds. The molecule has 1 aliphatic carbocycles. The van der Waals surface area contributed by atoms with Crippen LogP contribution in [0, 0.1) is 6.92 Å². The second-order valence-electron chi connectivity index (χ2n) is 8.37. The zero-order valence-electron chi connectivity index (χ0n) is 18.2. The van der Waals surface area contributed by atoms with Gasteiger partial charge in [0.1, 0.15) is 12.6 Å². The van der Waals surface area contributed by atoms with E-state index in [1.165, 1.54) is 11.1 Å². The summed E-state index contributed by atoms with van der Waals surface area (Å²) in [7, 11) is 0. The van der Waals surface area contributed by atoms with Gasteiger partial charge in [0.05, 0.1) is 0 Å². The van der Waals surface area contributed by atoms with E-state index in [-0.39, 0.29) is 13.0 Å². The Morgan fingerprint density at radius 2 is 1.79 bits per heavy atom. The molecule has 0 bridgehead atoms. The van der Waals surface area contributed by atoms with E-state index in [0.29, 0.717) is 0 Å². The second-order valence-corrected chi connectivity index (χ2v) is 8.37. The number of nitrogens with one attached hydrogen (secondary N) is 2. The van der Waals surface area contributed by atoms with Gasteiger partial charge in [-0.3, -0.25) is 0 Å². The van der Waals surface area contributed by atoms with Crippen molar-refractivity contribution < 1.29 is 19.4 Å². The number of fused-ring (bicyclic) bond motifs is 4. The van der Waals surface area contributed by atoms with Gasteiger partial charge in [-0.1, -0.05) is 60.7 Å². The number of amides is 1. The SMILES string of the molecule is Cc1[nH]c2ccccc2c1CC(NC(=O)OCc1cccc2c1Cc1ccccc1-2)C(=O)O. The maximum atomic E-state index is 12.5. The number of alkyl carbamates (subject to hydrolysis) is 1. The predicted molar refractivity (Wildman–Crippen MR) is 126 cm³/mol. The number of para-hydroxylation sites is 1. The lowest BCUT2D eigenvalue weighted by molar-refractivity contribution is -0.139. The van der Waals surface area contributed by atoms with E-state index in [9.17, 15) is 14.7 Å². The smallest absolute Gasteiger partial charge is 0.408 e. The Kier molecular flexibility index (Phi) is 5.34. The lowest BCUT2D eigenvalue weighted by atomic mass is 10.0. The standard InChI is InChI=1S/C27H24N2O4/c1-16-22(21-10-4-5-12-24(21)28-16)14-25(26(30)31)29-27(32)33-15-18-8-6-11-20-19-9-3-2-7-17(19)13-23(18)20/h2-12,25,28H,13-15H2,1H3,(H,29,32)(H,30,31). The van der Waals surface area contributed by atoms with Crippen LogP contribution in [0.4, 0.5) is 4.79 Å². The summed E-state index contributed by atoms with van der Waals surface area (Å²) >= 11 is 0.